The number of sulfonamides is 1. The van der Waals surface area contributed by atoms with Gasteiger partial charge in [-0.25, -0.2) is 12.7 Å². The second kappa shape index (κ2) is 6.84. The van der Waals surface area contributed by atoms with Gasteiger partial charge in [0.05, 0.1) is 11.9 Å². The van der Waals surface area contributed by atoms with Crippen molar-refractivity contribution in [1.29, 1.82) is 5.26 Å². The maximum atomic E-state index is 11.8. The number of alkyl halides is 1. The van der Waals surface area contributed by atoms with Crippen molar-refractivity contribution in [1.82, 2.24) is 4.31 Å². The average Bonchev–Trinajstić information content (AvgIpc) is 2.25. The summed E-state index contributed by atoms with van der Waals surface area (Å²) >= 11 is 5.26. The fourth-order valence-electron chi connectivity index (χ4n) is 1.06. The van der Waals surface area contributed by atoms with Crippen molar-refractivity contribution in [3.8, 4) is 6.07 Å². The Kier molecular flexibility index (Phi) is 6.56. The molecular weight excluding hydrogens is 252 g/mol. The summed E-state index contributed by atoms with van der Waals surface area (Å²) in [5, 5.41) is 7.01. The molecular formula is C9H15ClN2O3S. The Hall–Kier alpha value is -0.640. The number of rotatable bonds is 7. The van der Waals surface area contributed by atoms with E-state index in [1.807, 2.05) is 6.92 Å². The van der Waals surface area contributed by atoms with Crippen LogP contribution >= 0.6 is 11.6 Å². The molecule has 0 aromatic rings. The minimum atomic E-state index is -3.90. The van der Waals surface area contributed by atoms with E-state index in [4.69, 9.17) is 16.9 Å². The van der Waals surface area contributed by atoms with Gasteiger partial charge in [0.1, 0.15) is 0 Å². The Morgan fingerprint density at radius 1 is 1.56 bits per heavy atom. The zero-order valence-corrected chi connectivity index (χ0v) is 10.9. The summed E-state index contributed by atoms with van der Waals surface area (Å²) in [7, 11) is -2.54. The number of unbranched alkanes of at least 4 members (excludes halogenated alkanes) is 1. The molecule has 0 heterocycles. The Morgan fingerprint density at radius 2 is 2.12 bits per heavy atom. The van der Waals surface area contributed by atoms with Gasteiger partial charge >= 0.3 is 0 Å². The molecule has 0 N–H and O–H groups in total. The highest BCUT2D eigenvalue weighted by molar-refractivity contribution is 7.90. The number of hydrogen-bond donors (Lipinski definition) is 0. The minimum Gasteiger partial charge on any atom is -0.296 e. The summed E-state index contributed by atoms with van der Waals surface area (Å²) in [6.07, 6.45) is 1.52. The zero-order valence-electron chi connectivity index (χ0n) is 9.31. The second-order valence-electron chi connectivity index (χ2n) is 3.33. The molecule has 0 bridgehead atoms. The van der Waals surface area contributed by atoms with Gasteiger partial charge in [-0.2, -0.15) is 5.26 Å². The van der Waals surface area contributed by atoms with Crippen LogP contribution in [-0.2, 0) is 14.8 Å². The molecule has 0 aliphatic carbocycles. The van der Waals surface area contributed by atoms with Crippen LogP contribution in [0.25, 0.3) is 0 Å². The molecule has 0 aliphatic rings. The summed E-state index contributed by atoms with van der Waals surface area (Å²) < 4.78 is 24.6. The summed E-state index contributed by atoms with van der Waals surface area (Å²) in [5.41, 5.74) is 0. The van der Waals surface area contributed by atoms with E-state index in [2.05, 4.69) is 0 Å². The fourth-order valence-corrected chi connectivity index (χ4v) is 2.60. The van der Waals surface area contributed by atoms with Gasteiger partial charge < -0.3 is 0 Å². The lowest BCUT2D eigenvalue weighted by atomic mass is 10.3. The molecule has 1 unspecified atom stereocenters. The predicted molar refractivity (Wildman–Crippen MR) is 61.6 cm³/mol. The number of hydrogen-bond acceptors (Lipinski definition) is 4. The van der Waals surface area contributed by atoms with Crippen molar-refractivity contribution >= 4 is 27.4 Å². The molecule has 92 valence electrons. The summed E-state index contributed by atoms with van der Waals surface area (Å²) in [6, 6.07) is 1.49. The van der Waals surface area contributed by atoms with Crippen LogP contribution in [0.1, 0.15) is 19.8 Å². The van der Waals surface area contributed by atoms with Crippen molar-refractivity contribution in [2.75, 3.05) is 19.5 Å². The third kappa shape index (κ3) is 3.74. The molecule has 0 spiro atoms. The van der Waals surface area contributed by atoms with E-state index in [1.165, 1.54) is 13.1 Å². The highest BCUT2D eigenvalue weighted by Crippen LogP contribution is 2.10. The first-order chi connectivity index (χ1) is 7.41. The van der Waals surface area contributed by atoms with Crippen molar-refractivity contribution in [3.63, 3.8) is 0 Å². The Bertz CT molecular complexity index is 375. The van der Waals surface area contributed by atoms with Crippen LogP contribution in [0.2, 0.25) is 0 Å². The van der Waals surface area contributed by atoms with Crippen molar-refractivity contribution in [2.45, 2.75) is 25.0 Å². The highest BCUT2D eigenvalue weighted by Gasteiger charge is 2.34. The first-order valence-electron chi connectivity index (χ1n) is 4.85. The fraction of sp³-hybridized carbons (Fsp3) is 0.778. The normalized spacial score (nSPS) is 13.4. The van der Waals surface area contributed by atoms with Crippen molar-refractivity contribution in [2.24, 2.45) is 0 Å². The lowest BCUT2D eigenvalue weighted by molar-refractivity contribution is -0.115. The zero-order chi connectivity index (χ0) is 12.8. The second-order valence-corrected chi connectivity index (χ2v) is 5.72. The molecule has 0 aliphatic heterocycles. The largest absolute Gasteiger partial charge is 0.296 e. The van der Waals surface area contributed by atoms with Crippen LogP contribution in [-0.4, -0.2) is 43.2 Å². The molecule has 0 rings (SSSR count). The molecule has 0 radical (unpaired) electrons. The van der Waals surface area contributed by atoms with Gasteiger partial charge in [-0.15, -0.1) is 11.6 Å². The molecule has 0 amide bonds. The van der Waals surface area contributed by atoms with E-state index in [0.29, 0.717) is 13.0 Å². The molecule has 0 aromatic heterocycles. The van der Waals surface area contributed by atoms with E-state index >= 15 is 0 Å². The Balaban J connectivity index is 4.89. The van der Waals surface area contributed by atoms with Gasteiger partial charge in [0.25, 0.3) is 0 Å². The molecule has 16 heavy (non-hydrogen) atoms. The van der Waals surface area contributed by atoms with Crippen LogP contribution in [0.3, 0.4) is 0 Å². The van der Waals surface area contributed by atoms with Gasteiger partial charge in [0, 0.05) is 13.6 Å². The quantitative estimate of drug-likeness (QED) is 0.637. The summed E-state index contributed by atoms with van der Waals surface area (Å²) in [4.78, 5) is 11.2. The number of nitrogens with zero attached hydrogens (tertiary/aromatic N) is 2. The standard InChI is InChI=1S/C9H15ClN2O3S/c1-3-4-5-12(2)16(14,15)9(7-11)8(13)6-10/h9H,3-6H2,1-2H3. The topological polar surface area (TPSA) is 78.2 Å². The van der Waals surface area contributed by atoms with E-state index in [1.54, 1.807) is 0 Å². The number of carbonyl (C=O) groups excluding carboxylic acids is 1. The van der Waals surface area contributed by atoms with Crippen LogP contribution in [0.4, 0.5) is 0 Å². The van der Waals surface area contributed by atoms with Crippen LogP contribution in [0, 0.1) is 11.3 Å². The monoisotopic (exact) mass is 266 g/mol. The van der Waals surface area contributed by atoms with E-state index in [0.717, 1.165) is 10.7 Å². The number of ketones is 1. The van der Waals surface area contributed by atoms with Crippen molar-refractivity contribution in [3.05, 3.63) is 0 Å². The van der Waals surface area contributed by atoms with Gasteiger partial charge in [0.15, 0.2) is 5.78 Å². The lowest BCUT2D eigenvalue weighted by Crippen LogP contribution is -2.40. The molecule has 0 fully saturated rings. The minimum absolute atomic E-state index is 0.298. The lowest BCUT2D eigenvalue weighted by Gasteiger charge is -2.18. The Labute approximate surface area is 101 Å². The number of Topliss-reactive ketones (excluding diaryl/α,β-unsaturated/α-hetero) is 1. The first kappa shape index (κ1) is 15.4. The molecule has 0 saturated carbocycles. The van der Waals surface area contributed by atoms with Gasteiger partial charge in [-0.05, 0) is 6.42 Å². The number of halogens is 1. The van der Waals surface area contributed by atoms with Gasteiger partial charge in [-0.1, -0.05) is 13.3 Å². The van der Waals surface area contributed by atoms with E-state index in [9.17, 15) is 13.2 Å². The average molecular weight is 267 g/mol. The molecule has 5 nitrogen and oxygen atoms in total. The first-order valence-corrected chi connectivity index (χ1v) is 6.89. The van der Waals surface area contributed by atoms with Crippen LogP contribution < -0.4 is 0 Å². The molecule has 1 atom stereocenters. The Morgan fingerprint density at radius 3 is 2.50 bits per heavy atom. The van der Waals surface area contributed by atoms with Gasteiger partial charge in [-0.3, -0.25) is 4.79 Å². The van der Waals surface area contributed by atoms with Crippen molar-refractivity contribution < 1.29 is 13.2 Å². The number of carbonyl (C=O) groups is 1. The van der Waals surface area contributed by atoms with E-state index in [-0.39, 0.29) is 0 Å². The van der Waals surface area contributed by atoms with Gasteiger partial charge in [0.2, 0.25) is 15.3 Å². The number of nitriles is 1. The predicted octanol–water partition coefficient (Wildman–Crippen LogP) is 0.748. The SMILES string of the molecule is CCCCN(C)S(=O)(=O)C(C#N)C(=O)CCl. The maximum absolute atomic E-state index is 11.8. The smallest absolute Gasteiger partial charge is 0.237 e. The maximum Gasteiger partial charge on any atom is 0.237 e. The van der Waals surface area contributed by atoms with Crippen LogP contribution in [0.15, 0.2) is 0 Å². The molecule has 0 saturated heterocycles. The third-order valence-electron chi connectivity index (χ3n) is 2.10. The third-order valence-corrected chi connectivity index (χ3v) is 4.38. The summed E-state index contributed by atoms with van der Waals surface area (Å²) in [5.74, 6) is -1.26. The summed E-state index contributed by atoms with van der Waals surface area (Å²) in [6.45, 7) is 2.22. The van der Waals surface area contributed by atoms with E-state index < -0.39 is 26.9 Å². The molecule has 7 heteroatoms. The highest BCUT2D eigenvalue weighted by atomic mass is 35.5. The van der Waals surface area contributed by atoms with Crippen LogP contribution in [0.5, 0.6) is 0 Å². The molecule has 0 aromatic carbocycles.